The normalized spacial score (nSPS) is 14.1. The molecular weight excluding hydrogens is 643 g/mol. The number of anilines is 2. The molecule has 2 heterocycles. The maximum atomic E-state index is 12.9. The second-order valence-corrected chi connectivity index (χ2v) is 11.1. The van der Waals surface area contributed by atoms with Crippen molar-refractivity contribution in [2.75, 3.05) is 43.4 Å². The molecule has 1 aromatic heterocycles. The minimum atomic E-state index is -4.50. The van der Waals surface area contributed by atoms with Crippen LogP contribution in [0.5, 0.6) is 5.75 Å². The third-order valence-corrected chi connectivity index (χ3v) is 7.88. The third-order valence-electron chi connectivity index (χ3n) is 6.94. The molecule has 1 aliphatic heterocycles. The molecule has 10 nitrogen and oxygen atoms in total. The highest BCUT2D eigenvalue weighted by Gasteiger charge is 2.30. The predicted molar refractivity (Wildman–Crippen MR) is 174 cm³/mol. The van der Waals surface area contributed by atoms with Crippen LogP contribution in [0.4, 0.5) is 29.3 Å². The monoisotopic (exact) mass is 673 g/mol. The van der Waals surface area contributed by atoms with Gasteiger partial charge in [-0.25, -0.2) is 15.2 Å². The lowest BCUT2D eigenvalue weighted by Crippen LogP contribution is -2.48. The van der Waals surface area contributed by atoms with Gasteiger partial charge in [-0.1, -0.05) is 18.2 Å². The summed E-state index contributed by atoms with van der Waals surface area (Å²) >= 11 is 1.51. The number of aromatic hydroxyl groups is 1. The number of phenols is 1. The standard InChI is InChI=1S/C31H30F3N7O3S.ClH/c32-31(33,34)23-5-3-6-25(16-23)38-30(44)37-24-10-8-21(9-11-24)29-36-26(20-45-29)18-40-12-14-41(15-13-40)19-28(43)39-35-17-22-4-1-2-7-27(22)42;/h1-11,16-17,20,42H,12-15,18-19H2,(H,39,43)(H2,37,38,44);1H/b35-17+;. The van der Waals surface area contributed by atoms with E-state index in [0.29, 0.717) is 17.8 Å². The molecule has 0 saturated carbocycles. The number of carbonyl (C=O) groups excluding carboxylic acids is 2. The number of nitrogens with zero attached hydrogens (tertiary/aromatic N) is 4. The number of piperazine rings is 1. The fourth-order valence-corrected chi connectivity index (χ4v) is 5.44. The highest BCUT2D eigenvalue weighted by Crippen LogP contribution is 2.31. The number of rotatable bonds is 9. The summed E-state index contributed by atoms with van der Waals surface area (Å²) in [5.41, 5.74) is 4.50. The third kappa shape index (κ3) is 9.75. The fourth-order valence-electron chi connectivity index (χ4n) is 4.62. The summed E-state index contributed by atoms with van der Waals surface area (Å²) in [7, 11) is 0. The van der Waals surface area contributed by atoms with Gasteiger partial charge in [0.1, 0.15) is 10.8 Å². The zero-order valence-electron chi connectivity index (χ0n) is 24.3. The lowest BCUT2D eigenvalue weighted by atomic mass is 10.2. The number of hydrazone groups is 1. The molecule has 46 heavy (non-hydrogen) atoms. The maximum Gasteiger partial charge on any atom is 0.416 e. The summed E-state index contributed by atoms with van der Waals surface area (Å²) in [6.07, 6.45) is -3.09. The number of benzene rings is 3. The molecule has 1 saturated heterocycles. The van der Waals surface area contributed by atoms with Gasteiger partial charge in [-0.2, -0.15) is 18.3 Å². The van der Waals surface area contributed by atoms with Crippen LogP contribution in [0.1, 0.15) is 16.8 Å². The molecule has 5 rings (SSSR count). The number of carbonyl (C=O) groups is 2. The summed E-state index contributed by atoms with van der Waals surface area (Å²) < 4.78 is 38.8. The van der Waals surface area contributed by atoms with Gasteiger partial charge in [0, 0.05) is 60.6 Å². The molecule has 0 aliphatic carbocycles. The van der Waals surface area contributed by atoms with Gasteiger partial charge in [0.2, 0.25) is 0 Å². The summed E-state index contributed by atoms with van der Waals surface area (Å²) in [5, 5.41) is 21.6. The highest BCUT2D eigenvalue weighted by molar-refractivity contribution is 7.13. The summed E-state index contributed by atoms with van der Waals surface area (Å²) in [6, 6.07) is 17.5. The van der Waals surface area contributed by atoms with Gasteiger partial charge in [-0.3, -0.25) is 14.6 Å². The van der Waals surface area contributed by atoms with Gasteiger partial charge in [0.25, 0.3) is 5.91 Å². The molecule has 4 N–H and O–H groups in total. The molecule has 4 aromatic rings. The number of hydrogen-bond acceptors (Lipinski definition) is 8. The maximum absolute atomic E-state index is 12.9. The van der Waals surface area contributed by atoms with E-state index in [0.717, 1.165) is 54.6 Å². The Morgan fingerprint density at radius 1 is 0.935 bits per heavy atom. The summed E-state index contributed by atoms with van der Waals surface area (Å²) in [5.74, 6) is -0.135. The van der Waals surface area contributed by atoms with Crippen LogP contribution in [-0.4, -0.2) is 70.8 Å². The van der Waals surface area contributed by atoms with Crippen LogP contribution in [0.2, 0.25) is 0 Å². The molecule has 3 aromatic carbocycles. The average Bonchev–Trinajstić information content (AvgIpc) is 3.47. The van der Waals surface area contributed by atoms with Crippen molar-refractivity contribution >= 4 is 53.3 Å². The first-order valence-electron chi connectivity index (χ1n) is 14.0. The van der Waals surface area contributed by atoms with Crippen LogP contribution >= 0.6 is 23.7 Å². The van der Waals surface area contributed by atoms with Crippen LogP contribution in [0.15, 0.2) is 83.3 Å². The van der Waals surface area contributed by atoms with E-state index in [4.69, 9.17) is 4.98 Å². The number of urea groups is 1. The fraction of sp³-hybridized carbons (Fsp3) is 0.226. The Kier molecular flexibility index (Phi) is 11.7. The van der Waals surface area contributed by atoms with E-state index in [1.807, 2.05) is 17.5 Å². The van der Waals surface area contributed by atoms with Gasteiger partial charge < -0.3 is 15.7 Å². The lowest BCUT2D eigenvalue weighted by Gasteiger charge is -2.33. The van der Waals surface area contributed by atoms with E-state index in [1.165, 1.54) is 29.7 Å². The van der Waals surface area contributed by atoms with Crippen molar-refractivity contribution < 1.29 is 27.9 Å². The minimum absolute atomic E-state index is 0. The van der Waals surface area contributed by atoms with Crippen LogP contribution < -0.4 is 16.1 Å². The second kappa shape index (κ2) is 15.7. The molecule has 0 radical (unpaired) electrons. The summed E-state index contributed by atoms with van der Waals surface area (Å²) in [6.45, 7) is 3.92. The van der Waals surface area contributed by atoms with Gasteiger partial charge in [0.05, 0.1) is 24.0 Å². The van der Waals surface area contributed by atoms with Crippen molar-refractivity contribution in [3.63, 3.8) is 0 Å². The van der Waals surface area contributed by atoms with E-state index >= 15 is 0 Å². The van der Waals surface area contributed by atoms with Gasteiger partial charge >= 0.3 is 12.2 Å². The molecule has 1 fully saturated rings. The Morgan fingerprint density at radius 2 is 1.63 bits per heavy atom. The Morgan fingerprint density at radius 3 is 2.35 bits per heavy atom. The summed E-state index contributed by atoms with van der Waals surface area (Å²) in [4.78, 5) is 33.7. The largest absolute Gasteiger partial charge is 0.507 e. The van der Waals surface area contributed by atoms with Crippen LogP contribution in [-0.2, 0) is 17.5 Å². The number of para-hydroxylation sites is 1. The first-order chi connectivity index (χ1) is 21.6. The van der Waals surface area contributed by atoms with Gasteiger partial charge in [-0.15, -0.1) is 23.7 Å². The number of thiazole rings is 1. The Labute approximate surface area is 273 Å². The number of halogens is 4. The van der Waals surface area contributed by atoms with Crippen LogP contribution in [0.3, 0.4) is 0 Å². The minimum Gasteiger partial charge on any atom is -0.507 e. The number of nitrogens with one attached hydrogen (secondary N) is 3. The van der Waals surface area contributed by atoms with Crippen molar-refractivity contribution in [2.45, 2.75) is 12.7 Å². The van der Waals surface area contributed by atoms with E-state index in [9.17, 15) is 27.9 Å². The molecule has 1 aliphatic rings. The quantitative estimate of drug-likeness (QED) is 0.130. The highest BCUT2D eigenvalue weighted by atomic mass is 35.5. The Hall–Kier alpha value is -4.50. The van der Waals surface area contributed by atoms with E-state index < -0.39 is 17.8 Å². The zero-order chi connectivity index (χ0) is 31.8. The molecular formula is C31H31ClF3N7O3S. The van der Waals surface area contributed by atoms with Gasteiger partial charge in [0.15, 0.2) is 0 Å². The van der Waals surface area contributed by atoms with Crippen LogP contribution in [0.25, 0.3) is 10.6 Å². The molecule has 242 valence electrons. The average molecular weight is 674 g/mol. The number of phenolic OH excluding ortho intramolecular Hbond substituents is 1. The van der Waals surface area contributed by atoms with Crippen molar-refractivity contribution in [1.82, 2.24) is 20.2 Å². The van der Waals surface area contributed by atoms with Crippen molar-refractivity contribution in [3.05, 3.63) is 95.0 Å². The van der Waals surface area contributed by atoms with E-state index in [1.54, 1.807) is 36.4 Å². The van der Waals surface area contributed by atoms with Crippen molar-refractivity contribution in [3.8, 4) is 16.3 Å². The first-order valence-corrected chi connectivity index (χ1v) is 14.8. The van der Waals surface area contributed by atoms with Gasteiger partial charge in [-0.05, 0) is 54.6 Å². The van der Waals surface area contributed by atoms with E-state index in [2.05, 4.69) is 31.0 Å². The molecule has 0 bridgehead atoms. The topological polar surface area (TPSA) is 122 Å². The Bertz CT molecular complexity index is 1660. The van der Waals surface area contributed by atoms with Crippen molar-refractivity contribution in [2.24, 2.45) is 5.10 Å². The smallest absolute Gasteiger partial charge is 0.416 e. The number of aromatic nitrogens is 1. The van der Waals surface area contributed by atoms with Crippen molar-refractivity contribution in [1.29, 1.82) is 0 Å². The Balaban J connectivity index is 0.00000480. The molecule has 0 unspecified atom stereocenters. The lowest BCUT2D eigenvalue weighted by molar-refractivity contribution is -0.137. The number of alkyl halides is 3. The number of hydrogen-bond donors (Lipinski definition) is 4. The molecule has 15 heteroatoms. The number of amides is 3. The molecule has 0 spiro atoms. The second-order valence-electron chi connectivity index (χ2n) is 10.3. The molecule has 0 atom stereocenters. The molecule has 3 amide bonds. The predicted octanol–water partition coefficient (Wildman–Crippen LogP) is 5.87. The zero-order valence-corrected chi connectivity index (χ0v) is 26.0. The van der Waals surface area contributed by atoms with E-state index in [-0.39, 0.29) is 36.3 Å². The first kappa shape index (κ1) is 34.4. The SMILES string of the molecule is Cl.O=C(CN1CCN(Cc2csc(-c3ccc(NC(=O)Nc4cccc(C(F)(F)F)c4)cc3)n2)CC1)N/N=C/c1ccccc1O. The van der Waals surface area contributed by atoms with Crippen LogP contribution in [0, 0.1) is 0 Å².